The van der Waals surface area contributed by atoms with Crippen molar-refractivity contribution in [3.05, 3.63) is 101 Å². The summed E-state index contributed by atoms with van der Waals surface area (Å²) in [5, 5.41) is 53.1. The van der Waals surface area contributed by atoms with Crippen LogP contribution in [0.5, 0.6) is 23.0 Å². The van der Waals surface area contributed by atoms with Crippen LogP contribution < -0.4 is 61.5 Å². The second-order valence-electron chi connectivity index (χ2n) is 37.5. The first-order chi connectivity index (χ1) is 61.6. The van der Waals surface area contributed by atoms with Gasteiger partial charge in [-0.25, -0.2) is 55.9 Å². The Morgan fingerprint density at radius 3 is 1.48 bits per heavy atom. The zero-order chi connectivity index (χ0) is 93.5. The maximum Gasteiger partial charge on any atom is 0.330 e. The number of carboxylic acids is 2. The predicted octanol–water partition coefficient (Wildman–Crippen LogP) is 12.0. The lowest BCUT2D eigenvalue weighted by atomic mass is 9.86. The number of carbonyl (C=O) groups excluding carboxylic acids is 6. The number of amides is 8. The van der Waals surface area contributed by atoms with Gasteiger partial charge in [0.15, 0.2) is 10.3 Å². The minimum absolute atomic E-state index is 0.0261. The van der Waals surface area contributed by atoms with E-state index in [2.05, 4.69) is 42.5 Å². The van der Waals surface area contributed by atoms with Crippen molar-refractivity contribution >= 4 is 134 Å². The number of anilines is 2. The fourth-order valence-corrected chi connectivity index (χ4v) is 22.8. The molecule has 0 bridgehead atoms. The van der Waals surface area contributed by atoms with Gasteiger partial charge in [0.2, 0.25) is 33.7 Å². The molecule has 12 atom stereocenters. The molecule has 5 aliphatic heterocycles. The van der Waals surface area contributed by atoms with E-state index in [1.165, 1.54) is 54.2 Å². The number of rotatable bonds is 24. The molecule has 10 heterocycles. The molecule has 130 heavy (non-hydrogen) atoms. The zero-order valence-corrected chi connectivity index (χ0v) is 79.9. The monoisotopic (exact) mass is 1890 g/mol. The molecule has 2 aromatic carbocycles. The normalized spacial score (nSPS) is 25.1. The Hall–Kier alpha value is -10.3. The molecule has 7 aliphatic rings. The number of hydrogen-bond donors (Lipinski definition) is 10. The number of methoxy groups -OCH3 is 2. The molecule has 7 aromatic rings. The van der Waals surface area contributed by atoms with Crippen molar-refractivity contribution in [2.24, 2.45) is 22.7 Å². The van der Waals surface area contributed by atoms with E-state index in [-0.39, 0.29) is 86.7 Å². The lowest BCUT2D eigenvalue weighted by molar-refractivity contribution is -0.146. The molecule has 0 spiro atoms. The van der Waals surface area contributed by atoms with Crippen molar-refractivity contribution in [3.63, 3.8) is 0 Å². The van der Waals surface area contributed by atoms with Gasteiger partial charge in [0.05, 0.1) is 55.5 Å². The Morgan fingerprint density at radius 1 is 0.608 bits per heavy atom. The number of benzene rings is 2. The van der Waals surface area contributed by atoms with Crippen LogP contribution in [-0.2, 0) is 48.8 Å². The molecule has 39 heteroatoms. The summed E-state index contributed by atoms with van der Waals surface area (Å²) < 4.78 is 80.1. The van der Waals surface area contributed by atoms with Crippen molar-refractivity contribution in [1.29, 1.82) is 0 Å². The first-order valence-electron chi connectivity index (χ1n) is 44.6. The minimum atomic E-state index is -3.83. The summed E-state index contributed by atoms with van der Waals surface area (Å²) in [5.41, 5.74) is -0.679. The van der Waals surface area contributed by atoms with Crippen LogP contribution in [-0.4, -0.2) is 244 Å². The van der Waals surface area contributed by atoms with Gasteiger partial charge in [0.25, 0.3) is 10.0 Å². The summed E-state index contributed by atoms with van der Waals surface area (Å²) in [6.07, 6.45) is 14.1. The van der Waals surface area contributed by atoms with Crippen LogP contribution >= 0.6 is 34.0 Å². The fourth-order valence-electron chi connectivity index (χ4n) is 17.1. The number of carboxylic acid groups (broad SMARTS) is 2. The van der Waals surface area contributed by atoms with Gasteiger partial charge in [0, 0.05) is 121 Å². The van der Waals surface area contributed by atoms with E-state index in [4.69, 9.17) is 38.9 Å². The zero-order valence-electron chi connectivity index (χ0n) is 75.8. The van der Waals surface area contributed by atoms with E-state index in [1.807, 2.05) is 116 Å². The summed E-state index contributed by atoms with van der Waals surface area (Å²) >= 11 is 4.00. The summed E-state index contributed by atoms with van der Waals surface area (Å²) in [6, 6.07) is 10.9. The summed E-state index contributed by atoms with van der Waals surface area (Å²) in [6.45, 7) is 19.8. The number of aliphatic carboxylic acids is 2. The molecule has 5 fully saturated rings. The molecule has 34 nitrogen and oxygen atoms in total. The highest BCUT2D eigenvalue weighted by Crippen LogP contribution is 2.48. The predicted molar refractivity (Wildman–Crippen MR) is 499 cm³/mol. The number of fused-ring (bicyclic) bond motifs is 6. The van der Waals surface area contributed by atoms with E-state index in [0.29, 0.717) is 106 Å². The molecule has 5 aromatic heterocycles. The van der Waals surface area contributed by atoms with Gasteiger partial charge in [-0.3, -0.25) is 19.2 Å². The number of pyridine rings is 2. The van der Waals surface area contributed by atoms with Crippen LogP contribution in [0.25, 0.3) is 44.6 Å². The Morgan fingerprint density at radius 2 is 1.07 bits per heavy atom. The molecule has 704 valence electrons. The van der Waals surface area contributed by atoms with Crippen molar-refractivity contribution in [2.75, 3.05) is 70.4 Å². The SMILES string of the molecule is COc1ccc2c(O[C@@H]3C[C@H]4C(=O)N[C@]5(C(=O)O)CC5/C=C\CCCCC[C@H](NC(=O)N[C@H](CN(C)S(=O)(=O)c5cccs5)C(C)(C)C)C(=O)N4C3)cc(-c3csc(NC(C)C)n3)nc2c1.COc1ccc2c(O[C@@H]3C[C@H]4C(=O)N[C@]5(C(=O)O)CC5/C=C\CCCCC[C@H](NC(=O)N[C@H](CN5CCCCS5(=O)=O)C(C)(C)C)C(=O)N4C3)cc(-c3csc(NC(C)C)n3)nc2c1. The number of urea groups is 2. The van der Waals surface area contributed by atoms with Crippen LogP contribution in [0.3, 0.4) is 0 Å². The van der Waals surface area contributed by atoms with Crippen molar-refractivity contribution < 1.29 is 84.4 Å². The Balaban J connectivity index is 0.000000222. The summed E-state index contributed by atoms with van der Waals surface area (Å²) in [4.78, 5) is 134. The number of ether oxygens (including phenoxy) is 4. The average Bonchev–Trinajstić information content (AvgIpc) is 1.58. The highest BCUT2D eigenvalue weighted by molar-refractivity contribution is 7.91. The number of carbonyl (C=O) groups is 8. The largest absolute Gasteiger partial charge is 0.497 e. The topological polar surface area (TPSA) is 443 Å². The fraction of sp³-hybridized carbons (Fsp3) is 0.560. The third-order valence-electron chi connectivity index (χ3n) is 24.9. The Labute approximate surface area is 771 Å². The summed E-state index contributed by atoms with van der Waals surface area (Å²) in [7, 11) is -2.70. The summed E-state index contributed by atoms with van der Waals surface area (Å²) in [5.74, 6) is -3.28. The van der Waals surface area contributed by atoms with Crippen LogP contribution in [0.4, 0.5) is 19.9 Å². The van der Waals surface area contributed by atoms with Gasteiger partial charge in [-0.15, -0.1) is 34.0 Å². The first kappa shape index (κ1) is 97.2. The van der Waals surface area contributed by atoms with E-state index >= 15 is 0 Å². The minimum Gasteiger partial charge on any atom is -0.497 e. The second kappa shape index (κ2) is 40.8. The average molecular weight is 1890 g/mol. The molecule has 3 saturated heterocycles. The quantitative estimate of drug-likeness (QED) is 0.0251. The van der Waals surface area contributed by atoms with E-state index in [1.54, 1.807) is 62.1 Å². The number of allylic oxidation sites excluding steroid dienone is 2. The third kappa shape index (κ3) is 23.2. The molecule has 2 aliphatic carbocycles. The molecular formula is C91H122N16O18S5. The van der Waals surface area contributed by atoms with E-state index in [9.17, 15) is 65.4 Å². The highest BCUT2D eigenvalue weighted by atomic mass is 32.2. The standard InChI is InChI=1S/C46H60N8O9S3.C45H62N8O9S2/c1-27(2)47-44-50-35(26-65-44)34-22-37(31-18-17-29(62-7)20-33(31)48-34)63-30-21-36-40(55)52-46(42(57)58)23-28(46)14-11-9-8-10-12-15-32(41(56)54(36)24-30)49-43(59)51-38(45(3,4)5)25-53(6)66(60,61)39-16-13-19-64-39;1-27(2)46-43-49-35(26-63-43)34-22-37(31-17-16-29(61-6)20-33(31)47-34)62-30-21-36-39(54)51-45(41(56)57)23-28(45)14-10-8-7-9-11-15-32(40(55)53(36)24-30)48-42(58)50-38(44(3,4)5)25-52-18-12-13-19-64(52,59)60/h11,13-14,16-20,22,26-28,30,32,36,38H,8-10,12,15,21,23-25H2,1-7H3,(H,47,50)(H,52,55)(H,57,58)(H2,49,51,59);10,14,16-17,20,22,26-28,30,32,36,38H,7-9,11-13,15,18-19,21,23-25H2,1-6H3,(H,46,49)(H,51,54)(H,56,57)(H2,48,50,58)/b14-11-;14-10-/t28?,30-,32+,36+,38-,46-;28?,30-,32+,36+,38-,45-/m11/s1. The molecule has 14 rings (SSSR count). The molecule has 2 unspecified atom stereocenters. The van der Waals surface area contributed by atoms with Gasteiger partial charge in [0.1, 0.15) is 86.0 Å². The second-order valence-corrected chi connectivity index (χ2v) is 44.5. The number of thiazole rings is 2. The number of thiophene rings is 1. The van der Waals surface area contributed by atoms with Crippen molar-refractivity contribution in [2.45, 2.75) is 248 Å². The first-order valence-corrected chi connectivity index (χ1v) is 50.3. The number of likely N-dealkylation sites (N-methyl/N-ethyl adjacent to an activating group) is 1. The van der Waals surface area contributed by atoms with Crippen LogP contribution in [0.2, 0.25) is 0 Å². The molecule has 0 radical (unpaired) electrons. The third-order valence-corrected chi connectivity index (χ3v) is 31.6. The molecule has 8 amide bonds. The van der Waals surface area contributed by atoms with Gasteiger partial charge in [-0.1, -0.05) is 97.6 Å². The van der Waals surface area contributed by atoms with Gasteiger partial charge in [-0.2, -0.15) is 8.61 Å². The smallest absolute Gasteiger partial charge is 0.330 e. The van der Waals surface area contributed by atoms with Crippen molar-refractivity contribution in [3.8, 4) is 45.8 Å². The van der Waals surface area contributed by atoms with E-state index in [0.717, 1.165) is 53.7 Å². The van der Waals surface area contributed by atoms with Gasteiger partial charge in [-0.05, 0) is 138 Å². The molecule has 2 saturated carbocycles. The molecule has 10 N–H and O–H groups in total. The van der Waals surface area contributed by atoms with Crippen LogP contribution in [0.15, 0.2) is 105 Å². The van der Waals surface area contributed by atoms with Gasteiger partial charge < -0.3 is 81.5 Å². The number of aromatic nitrogens is 4. The maximum atomic E-state index is 15.0. The van der Waals surface area contributed by atoms with Gasteiger partial charge >= 0.3 is 24.0 Å². The Kier molecular flexibility index (Phi) is 30.5. The van der Waals surface area contributed by atoms with Crippen molar-refractivity contribution in [1.82, 2.24) is 70.2 Å². The number of sulfonamides is 2. The number of nitrogens with one attached hydrogen (secondary N) is 8. The Bertz CT molecular complexity index is 5600. The number of nitrogens with zero attached hydrogens (tertiary/aromatic N) is 8. The highest BCUT2D eigenvalue weighted by Gasteiger charge is 2.63. The lowest BCUT2D eigenvalue weighted by Crippen LogP contribution is -2.59. The van der Waals surface area contributed by atoms with Crippen LogP contribution in [0, 0.1) is 22.7 Å². The maximum absolute atomic E-state index is 15.0. The van der Waals surface area contributed by atoms with E-state index < -0.39 is 150 Å². The van der Waals surface area contributed by atoms with Crippen LogP contribution in [0.1, 0.15) is 172 Å². The number of hydrogen-bond acceptors (Lipinski definition) is 25. The lowest BCUT2D eigenvalue weighted by Gasteiger charge is -2.37. The molecular weight excluding hydrogens is 1770 g/mol.